The summed E-state index contributed by atoms with van der Waals surface area (Å²) in [5, 5.41) is 11.4. The molecule has 0 aliphatic carbocycles. The molecule has 0 spiro atoms. The van der Waals surface area contributed by atoms with Crippen LogP contribution in [-0.2, 0) is 13.6 Å². The third-order valence-electron chi connectivity index (χ3n) is 3.97. The summed E-state index contributed by atoms with van der Waals surface area (Å²) in [6.07, 6.45) is 5.03. The van der Waals surface area contributed by atoms with Gasteiger partial charge in [0.25, 0.3) is 0 Å². The fourth-order valence-corrected chi connectivity index (χ4v) is 2.66. The Labute approximate surface area is 107 Å². The molecule has 3 heterocycles. The van der Waals surface area contributed by atoms with Gasteiger partial charge >= 0.3 is 0 Å². The standard InChI is InChI=1S/C13H19N5/c1-10-12(7-15-17(10)2)9-18-6-4-11(8-18)13-3-5-14-16-13/h3,5,7,11H,4,6,8-9H2,1-2H3,(H,14,16). The molecule has 2 aromatic rings. The third kappa shape index (κ3) is 2.06. The minimum absolute atomic E-state index is 0.601. The van der Waals surface area contributed by atoms with Crippen LogP contribution < -0.4 is 0 Å². The van der Waals surface area contributed by atoms with Gasteiger partial charge in [0.15, 0.2) is 0 Å². The van der Waals surface area contributed by atoms with Crippen molar-refractivity contribution in [3.8, 4) is 0 Å². The summed E-state index contributed by atoms with van der Waals surface area (Å²) in [6, 6.07) is 2.09. The highest BCUT2D eigenvalue weighted by atomic mass is 15.3. The minimum Gasteiger partial charge on any atom is -0.298 e. The van der Waals surface area contributed by atoms with Gasteiger partial charge in [-0.15, -0.1) is 0 Å². The Morgan fingerprint density at radius 1 is 1.50 bits per heavy atom. The predicted octanol–water partition coefficient (Wildman–Crippen LogP) is 1.44. The smallest absolute Gasteiger partial charge is 0.0537 e. The average molecular weight is 245 g/mol. The molecule has 96 valence electrons. The zero-order valence-corrected chi connectivity index (χ0v) is 10.9. The summed E-state index contributed by atoms with van der Waals surface area (Å²) in [5.74, 6) is 0.601. The Hall–Kier alpha value is -1.62. The van der Waals surface area contributed by atoms with E-state index in [0.717, 1.165) is 19.6 Å². The Bertz CT molecular complexity index is 513. The van der Waals surface area contributed by atoms with E-state index in [9.17, 15) is 0 Å². The Kier molecular flexibility index (Phi) is 2.91. The highest BCUT2D eigenvalue weighted by Crippen LogP contribution is 2.26. The number of aryl methyl sites for hydroxylation is 1. The molecule has 5 heteroatoms. The molecule has 2 aromatic heterocycles. The molecule has 1 saturated heterocycles. The summed E-state index contributed by atoms with van der Waals surface area (Å²) < 4.78 is 1.94. The van der Waals surface area contributed by atoms with E-state index in [0.29, 0.717) is 5.92 Å². The van der Waals surface area contributed by atoms with E-state index in [1.54, 1.807) is 0 Å². The maximum Gasteiger partial charge on any atom is 0.0537 e. The van der Waals surface area contributed by atoms with E-state index in [2.05, 4.69) is 33.2 Å². The molecule has 5 nitrogen and oxygen atoms in total. The molecule has 18 heavy (non-hydrogen) atoms. The van der Waals surface area contributed by atoms with Gasteiger partial charge in [-0.1, -0.05) is 0 Å². The number of aromatic amines is 1. The molecule has 1 unspecified atom stereocenters. The van der Waals surface area contributed by atoms with Crippen molar-refractivity contribution in [1.29, 1.82) is 0 Å². The van der Waals surface area contributed by atoms with Gasteiger partial charge in [-0.3, -0.25) is 14.7 Å². The van der Waals surface area contributed by atoms with Gasteiger partial charge in [0, 0.05) is 49.2 Å². The van der Waals surface area contributed by atoms with Crippen molar-refractivity contribution in [2.45, 2.75) is 25.8 Å². The lowest BCUT2D eigenvalue weighted by atomic mass is 10.1. The Morgan fingerprint density at radius 3 is 3.06 bits per heavy atom. The molecule has 0 amide bonds. The molecule has 0 radical (unpaired) electrons. The van der Waals surface area contributed by atoms with E-state index in [4.69, 9.17) is 0 Å². The van der Waals surface area contributed by atoms with Gasteiger partial charge in [0.1, 0.15) is 0 Å². The molecule has 0 aromatic carbocycles. The van der Waals surface area contributed by atoms with E-state index < -0.39 is 0 Å². The molecule has 1 N–H and O–H groups in total. The minimum atomic E-state index is 0.601. The Morgan fingerprint density at radius 2 is 2.39 bits per heavy atom. The van der Waals surface area contributed by atoms with E-state index in [1.165, 1.54) is 23.4 Å². The van der Waals surface area contributed by atoms with Crippen LogP contribution in [0, 0.1) is 6.92 Å². The normalized spacial score (nSPS) is 20.7. The molecule has 1 aliphatic heterocycles. The molecular formula is C13H19N5. The number of hydrogen-bond acceptors (Lipinski definition) is 3. The van der Waals surface area contributed by atoms with Crippen molar-refractivity contribution in [3.63, 3.8) is 0 Å². The highest BCUT2D eigenvalue weighted by Gasteiger charge is 2.25. The number of nitrogens with zero attached hydrogens (tertiary/aromatic N) is 4. The molecular weight excluding hydrogens is 226 g/mol. The van der Waals surface area contributed by atoms with E-state index >= 15 is 0 Å². The first-order valence-corrected chi connectivity index (χ1v) is 6.43. The second-order valence-electron chi connectivity index (χ2n) is 5.11. The van der Waals surface area contributed by atoms with Crippen LogP contribution in [0.15, 0.2) is 18.5 Å². The number of hydrogen-bond donors (Lipinski definition) is 1. The summed E-state index contributed by atoms with van der Waals surface area (Å²) in [4.78, 5) is 2.50. The van der Waals surface area contributed by atoms with Gasteiger partial charge < -0.3 is 0 Å². The summed E-state index contributed by atoms with van der Waals surface area (Å²) in [7, 11) is 2.00. The largest absolute Gasteiger partial charge is 0.298 e. The van der Waals surface area contributed by atoms with Crippen LogP contribution in [0.4, 0.5) is 0 Å². The fourth-order valence-electron chi connectivity index (χ4n) is 2.66. The van der Waals surface area contributed by atoms with Crippen molar-refractivity contribution in [1.82, 2.24) is 24.9 Å². The van der Waals surface area contributed by atoms with Gasteiger partial charge in [0.05, 0.1) is 6.20 Å². The van der Waals surface area contributed by atoms with Gasteiger partial charge in [0.2, 0.25) is 0 Å². The summed E-state index contributed by atoms with van der Waals surface area (Å²) >= 11 is 0. The van der Waals surface area contributed by atoms with Crippen LogP contribution in [0.5, 0.6) is 0 Å². The van der Waals surface area contributed by atoms with Crippen molar-refractivity contribution in [2.75, 3.05) is 13.1 Å². The van der Waals surface area contributed by atoms with Crippen LogP contribution in [0.25, 0.3) is 0 Å². The second kappa shape index (κ2) is 4.57. The fraction of sp³-hybridized carbons (Fsp3) is 0.538. The first-order valence-electron chi connectivity index (χ1n) is 6.43. The monoisotopic (exact) mass is 245 g/mol. The summed E-state index contributed by atoms with van der Waals surface area (Å²) in [6.45, 7) is 5.39. The van der Waals surface area contributed by atoms with Crippen molar-refractivity contribution >= 4 is 0 Å². The van der Waals surface area contributed by atoms with Crippen LogP contribution >= 0.6 is 0 Å². The Balaban J connectivity index is 1.64. The van der Waals surface area contributed by atoms with Gasteiger partial charge in [-0.05, 0) is 26.0 Å². The lowest BCUT2D eigenvalue weighted by Crippen LogP contribution is -2.20. The molecule has 0 bridgehead atoms. The van der Waals surface area contributed by atoms with Gasteiger partial charge in [-0.2, -0.15) is 10.2 Å². The highest BCUT2D eigenvalue weighted by molar-refractivity contribution is 5.16. The zero-order chi connectivity index (χ0) is 12.5. The molecule has 1 fully saturated rings. The van der Waals surface area contributed by atoms with Crippen molar-refractivity contribution in [3.05, 3.63) is 35.4 Å². The number of H-pyrrole nitrogens is 1. The van der Waals surface area contributed by atoms with E-state index in [-0.39, 0.29) is 0 Å². The first kappa shape index (κ1) is 11.5. The topological polar surface area (TPSA) is 49.7 Å². The van der Waals surface area contributed by atoms with Crippen molar-refractivity contribution < 1.29 is 0 Å². The molecule has 1 aliphatic rings. The number of aromatic nitrogens is 4. The zero-order valence-electron chi connectivity index (χ0n) is 10.9. The van der Waals surface area contributed by atoms with Crippen LogP contribution in [0.2, 0.25) is 0 Å². The quantitative estimate of drug-likeness (QED) is 0.890. The van der Waals surface area contributed by atoms with Crippen LogP contribution in [0.3, 0.4) is 0 Å². The lowest BCUT2D eigenvalue weighted by Gasteiger charge is -2.15. The lowest BCUT2D eigenvalue weighted by molar-refractivity contribution is 0.325. The third-order valence-corrected chi connectivity index (χ3v) is 3.97. The van der Waals surface area contributed by atoms with E-state index in [1.807, 2.05) is 24.1 Å². The molecule has 1 atom stereocenters. The molecule has 3 rings (SSSR count). The van der Waals surface area contributed by atoms with Crippen LogP contribution in [-0.4, -0.2) is 38.0 Å². The second-order valence-corrected chi connectivity index (χ2v) is 5.11. The number of rotatable bonds is 3. The predicted molar refractivity (Wildman–Crippen MR) is 69.2 cm³/mol. The SMILES string of the molecule is Cc1c(CN2CCC(c3ccn[nH]3)C2)cnn1C. The molecule has 0 saturated carbocycles. The maximum atomic E-state index is 4.30. The van der Waals surface area contributed by atoms with Crippen molar-refractivity contribution in [2.24, 2.45) is 7.05 Å². The number of nitrogens with one attached hydrogen (secondary N) is 1. The van der Waals surface area contributed by atoms with Gasteiger partial charge in [-0.25, -0.2) is 0 Å². The summed E-state index contributed by atoms with van der Waals surface area (Å²) in [5.41, 5.74) is 3.86. The first-order chi connectivity index (χ1) is 8.74. The average Bonchev–Trinajstić information content (AvgIpc) is 3.06. The van der Waals surface area contributed by atoms with Crippen LogP contribution in [0.1, 0.15) is 29.3 Å². The number of likely N-dealkylation sites (tertiary alicyclic amines) is 1. The maximum absolute atomic E-state index is 4.30.